The quantitative estimate of drug-likeness (QED) is 0.763. The molecule has 1 aliphatic rings. The molecule has 0 bridgehead atoms. The SMILES string of the molecule is C=CCn1ncc(N2CCC(N)(C(=O)O)C2)c(Cl)c1=O. The van der Waals surface area contributed by atoms with Crippen molar-refractivity contribution in [1.82, 2.24) is 9.78 Å². The van der Waals surface area contributed by atoms with Crippen LogP contribution in [0.5, 0.6) is 0 Å². The van der Waals surface area contributed by atoms with Gasteiger partial charge in [0.25, 0.3) is 5.56 Å². The van der Waals surface area contributed by atoms with Crippen LogP contribution in [0.4, 0.5) is 5.69 Å². The number of hydrogen-bond acceptors (Lipinski definition) is 5. The lowest BCUT2D eigenvalue weighted by atomic mass is 10.0. The van der Waals surface area contributed by atoms with Crippen LogP contribution in [-0.2, 0) is 11.3 Å². The number of rotatable bonds is 4. The number of aliphatic carboxylic acids is 1. The average molecular weight is 299 g/mol. The zero-order chi connectivity index (χ0) is 14.9. The third-order valence-electron chi connectivity index (χ3n) is 3.34. The van der Waals surface area contributed by atoms with E-state index in [2.05, 4.69) is 11.7 Å². The summed E-state index contributed by atoms with van der Waals surface area (Å²) in [6, 6.07) is 0. The van der Waals surface area contributed by atoms with Crippen molar-refractivity contribution in [2.75, 3.05) is 18.0 Å². The number of allylic oxidation sites excluding steroid dienone is 1. The Balaban J connectivity index is 2.32. The Kier molecular flexibility index (Phi) is 3.82. The van der Waals surface area contributed by atoms with Gasteiger partial charge in [-0.3, -0.25) is 9.59 Å². The van der Waals surface area contributed by atoms with Crippen molar-refractivity contribution in [3.05, 3.63) is 34.2 Å². The smallest absolute Gasteiger partial charge is 0.325 e. The van der Waals surface area contributed by atoms with Crippen molar-refractivity contribution in [3.8, 4) is 0 Å². The zero-order valence-corrected chi connectivity index (χ0v) is 11.5. The molecule has 0 spiro atoms. The van der Waals surface area contributed by atoms with E-state index in [0.717, 1.165) is 0 Å². The van der Waals surface area contributed by atoms with Gasteiger partial charge in [0.05, 0.1) is 18.4 Å². The number of nitrogens with two attached hydrogens (primary N) is 1. The molecule has 0 aliphatic carbocycles. The molecule has 1 unspecified atom stereocenters. The van der Waals surface area contributed by atoms with Gasteiger partial charge in [-0.2, -0.15) is 5.10 Å². The fourth-order valence-corrected chi connectivity index (χ4v) is 2.41. The van der Waals surface area contributed by atoms with E-state index in [1.165, 1.54) is 17.0 Å². The van der Waals surface area contributed by atoms with Gasteiger partial charge in [0.2, 0.25) is 0 Å². The summed E-state index contributed by atoms with van der Waals surface area (Å²) in [5.74, 6) is -1.07. The van der Waals surface area contributed by atoms with Gasteiger partial charge in [0.1, 0.15) is 10.6 Å². The number of aromatic nitrogens is 2. The van der Waals surface area contributed by atoms with Crippen molar-refractivity contribution in [3.63, 3.8) is 0 Å². The molecule has 1 fully saturated rings. The number of hydrogen-bond donors (Lipinski definition) is 2. The maximum Gasteiger partial charge on any atom is 0.325 e. The van der Waals surface area contributed by atoms with Crippen molar-refractivity contribution < 1.29 is 9.90 Å². The van der Waals surface area contributed by atoms with Gasteiger partial charge in [-0.15, -0.1) is 6.58 Å². The summed E-state index contributed by atoms with van der Waals surface area (Å²) in [6.45, 7) is 4.29. The maximum atomic E-state index is 12.0. The minimum absolute atomic E-state index is 0.0106. The lowest BCUT2D eigenvalue weighted by Crippen LogP contribution is -2.50. The molecule has 1 aromatic heterocycles. The third kappa shape index (κ3) is 2.41. The maximum absolute atomic E-state index is 12.0. The highest BCUT2D eigenvalue weighted by molar-refractivity contribution is 6.33. The highest BCUT2D eigenvalue weighted by Crippen LogP contribution is 2.28. The fourth-order valence-electron chi connectivity index (χ4n) is 2.14. The molecule has 1 saturated heterocycles. The van der Waals surface area contributed by atoms with Crippen LogP contribution < -0.4 is 16.2 Å². The van der Waals surface area contributed by atoms with E-state index in [0.29, 0.717) is 12.2 Å². The third-order valence-corrected chi connectivity index (χ3v) is 3.69. The molecule has 3 N–H and O–H groups in total. The van der Waals surface area contributed by atoms with Crippen molar-refractivity contribution in [1.29, 1.82) is 0 Å². The summed E-state index contributed by atoms with van der Waals surface area (Å²) in [5, 5.41) is 13.1. The number of carbonyl (C=O) groups is 1. The first kappa shape index (κ1) is 14.5. The Morgan fingerprint density at radius 2 is 2.40 bits per heavy atom. The molecular weight excluding hydrogens is 284 g/mol. The van der Waals surface area contributed by atoms with Gasteiger partial charge in [-0.05, 0) is 6.42 Å². The predicted octanol–water partition coefficient (Wildman–Crippen LogP) is 0.0749. The van der Waals surface area contributed by atoms with Gasteiger partial charge < -0.3 is 15.7 Å². The van der Waals surface area contributed by atoms with Gasteiger partial charge in [0.15, 0.2) is 0 Å². The van der Waals surface area contributed by atoms with E-state index in [1.807, 2.05) is 0 Å². The number of carboxylic acid groups (broad SMARTS) is 1. The molecule has 1 atom stereocenters. The van der Waals surface area contributed by atoms with Gasteiger partial charge in [-0.25, -0.2) is 4.68 Å². The predicted molar refractivity (Wildman–Crippen MR) is 75.1 cm³/mol. The molecule has 0 saturated carbocycles. The van der Waals surface area contributed by atoms with Gasteiger partial charge in [0, 0.05) is 13.1 Å². The Bertz CT molecular complexity index is 615. The number of anilines is 1. The largest absolute Gasteiger partial charge is 0.480 e. The van der Waals surface area contributed by atoms with Gasteiger partial charge in [-0.1, -0.05) is 17.7 Å². The van der Waals surface area contributed by atoms with E-state index in [9.17, 15) is 9.59 Å². The second kappa shape index (κ2) is 5.26. The van der Waals surface area contributed by atoms with E-state index in [-0.39, 0.29) is 24.5 Å². The molecule has 1 aromatic rings. The van der Waals surface area contributed by atoms with Crippen molar-refractivity contribution in [2.45, 2.75) is 18.5 Å². The fraction of sp³-hybridized carbons (Fsp3) is 0.417. The second-order valence-corrected chi connectivity index (χ2v) is 5.13. The molecule has 1 aliphatic heterocycles. The summed E-state index contributed by atoms with van der Waals surface area (Å²) >= 11 is 6.05. The summed E-state index contributed by atoms with van der Waals surface area (Å²) in [4.78, 5) is 24.8. The Morgan fingerprint density at radius 3 is 2.95 bits per heavy atom. The lowest BCUT2D eigenvalue weighted by Gasteiger charge is -2.22. The molecular formula is C12H15ClN4O3. The van der Waals surface area contributed by atoms with E-state index in [4.69, 9.17) is 22.4 Å². The van der Waals surface area contributed by atoms with E-state index >= 15 is 0 Å². The first-order valence-corrected chi connectivity index (χ1v) is 6.40. The summed E-state index contributed by atoms with van der Waals surface area (Å²) in [5.41, 5.74) is 4.45. The van der Waals surface area contributed by atoms with Crippen LogP contribution in [-0.4, -0.2) is 39.5 Å². The normalized spacial score (nSPS) is 22.0. The minimum atomic E-state index is -1.32. The molecule has 0 radical (unpaired) electrons. The topological polar surface area (TPSA) is 101 Å². The van der Waals surface area contributed by atoms with Crippen LogP contribution in [0, 0.1) is 0 Å². The molecule has 0 amide bonds. The summed E-state index contributed by atoms with van der Waals surface area (Å²) in [7, 11) is 0. The van der Waals surface area contributed by atoms with Crippen molar-refractivity contribution in [2.24, 2.45) is 5.73 Å². The minimum Gasteiger partial charge on any atom is -0.480 e. The zero-order valence-electron chi connectivity index (χ0n) is 10.8. The Labute approximate surface area is 120 Å². The Morgan fingerprint density at radius 1 is 1.70 bits per heavy atom. The molecule has 108 valence electrons. The summed E-state index contributed by atoms with van der Waals surface area (Å²) < 4.78 is 1.18. The van der Waals surface area contributed by atoms with E-state index < -0.39 is 17.1 Å². The number of carboxylic acids is 1. The van der Waals surface area contributed by atoms with Crippen LogP contribution in [0.15, 0.2) is 23.6 Å². The molecule has 2 rings (SSSR count). The second-order valence-electron chi connectivity index (χ2n) is 4.75. The molecule has 7 nitrogen and oxygen atoms in total. The first-order chi connectivity index (χ1) is 9.39. The van der Waals surface area contributed by atoms with Crippen LogP contribution in [0.3, 0.4) is 0 Å². The lowest BCUT2D eigenvalue weighted by molar-refractivity contribution is -0.142. The highest BCUT2D eigenvalue weighted by Gasteiger charge is 2.42. The van der Waals surface area contributed by atoms with Gasteiger partial charge >= 0.3 is 5.97 Å². The van der Waals surface area contributed by atoms with Crippen LogP contribution >= 0.6 is 11.6 Å². The summed E-state index contributed by atoms with van der Waals surface area (Å²) in [6.07, 6.45) is 3.27. The van der Waals surface area contributed by atoms with Crippen LogP contribution in [0.1, 0.15) is 6.42 Å². The number of nitrogens with zero attached hydrogens (tertiary/aromatic N) is 3. The molecule has 2 heterocycles. The number of halogens is 1. The molecule has 20 heavy (non-hydrogen) atoms. The van der Waals surface area contributed by atoms with Crippen LogP contribution in [0.2, 0.25) is 5.02 Å². The van der Waals surface area contributed by atoms with E-state index in [1.54, 1.807) is 4.90 Å². The molecule has 8 heteroatoms. The average Bonchev–Trinajstić information content (AvgIpc) is 2.79. The monoisotopic (exact) mass is 298 g/mol. The van der Waals surface area contributed by atoms with Crippen molar-refractivity contribution >= 4 is 23.3 Å². The molecule has 0 aromatic carbocycles. The standard InChI is InChI=1S/C12H15ClN4O3/c1-2-4-17-10(18)9(13)8(6-15-17)16-5-3-12(14,7-16)11(19)20/h2,6H,1,3-5,7,14H2,(H,19,20). The highest BCUT2D eigenvalue weighted by atomic mass is 35.5. The Hall–Kier alpha value is -1.86. The first-order valence-electron chi connectivity index (χ1n) is 6.03. The van der Waals surface area contributed by atoms with Crippen LogP contribution in [0.25, 0.3) is 0 Å².